The number of aromatic amines is 1. The molecule has 0 spiro atoms. The van der Waals surface area contributed by atoms with Gasteiger partial charge < -0.3 is 14.8 Å². The van der Waals surface area contributed by atoms with Gasteiger partial charge in [0.25, 0.3) is 0 Å². The Morgan fingerprint density at radius 1 is 1.33 bits per heavy atom. The van der Waals surface area contributed by atoms with Crippen LogP contribution in [0.25, 0.3) is 11.0 Å². The standard InChI is InChI=1S/C19H25N5O2S/c1-23(18-16-4-5-20-17(16)21-11-22-18)14-6-12(7-14)10-27(26)15-8-24(9-15)19(25)13-2-3-13/h4-5,11-15H,2-3,6-10H2,1H3,(H,20,21,22). The first-order chi connectivity index (χ1) is 13.1. The van der Waals surface area contributed by atoms with Crippen LogP contribution in [-0.4, -0.2) is 67.1 Å². The van der Waals surface area contributed by atoms with Crippen LogP contribution in [0.4, 0.5) is 5.82 Å². The number of hydrogen-bond acceptors (Lipinski definition) is 5. The van der Waals surface area contributed by atoms with Crippen LogP contribution in [0.15, 0.2) is 18.6 Å². The van der Waals surface area contributed by atoms with Gasteiger partial charge in [-0.1, -0.05) is 0 Å². The maximum Gasteiger partial charge on any atom is 0.225 e. The number of hydrogen-bond donors (Lipinski definition) is 1. The Morgan fingerprint density at radius 2 is 2.11 bits per heavy atom. The number of fused-ring (bicyclic) bond motifs is 1. The van der Waals surface area contributed by atoms with E-state index in [0.717, 1.165) is 48.3 Å². The first-order valence-corrected chi connectivity index (χ1v) is 11.1. The fourth-order valence-electron chi connectivity index (χ4n) is 4.21. The Kier molecular flexibility index (Phi) is 4.18. The van der Waals surface area contributed by atoms with E-state index < -0.39 is 10.8 Å². The van der Waals surface area contributed by atoms with Crippen LogP contribution >= 0.6 is 0 Å². The number of H-pyrrole nitrogens is 1. The van der Waals surface area contributed by atoms with Crippen LogP contribution in [-0.2, 0) is 15.6 Å². The van der Waals surface area contributed by atoms with Gasteiger partial charge in [0, 0.05) is 54.8 Å². The van der Waals surface area contributed by atoms with E-state index in [9.17, 15) is 9.00 Å². The average molecular weight is 388 g/mol. The monoisotopic (exact) mass is 387 g/mol. The van der Waals surface area contributed by atoms with Gasteiger partial charge in [0.05, 0.1) is 10.6 Å². The number of anilines is 1. The second kappa shape index (κ2) is 6.58. The number of nitrogens with one attached hydrogen (secondary N) is 1. The maximum atomic E-state index is 12.6. The van der Waals surface area contributed by atoms with Crippen molar-refractivity contribution >= 4 is 33.6 Å². The summed E-state index contributed by atoms with van der Waals surface area (Å²) in [6.07, 6.45) is 7.68. The number of carbonyl (C=O) groups excluding carboxylic acids is 1. The Hall–Kier alpha value is -1.96. The molecule has 0 aromatic carbocycles. The Bertz CT molecular complexity index is 883. The summed E-state index contributed by atoms with van der Waals surface area (Å²) < 4.78 is 12.6. The van der Waals surface area contributed by atoms with E-state index in [1.165, 1.54) is 0 Å². The number of amides is 1. The molecule has 3 aliphatic rings. The molecule has 1 aliphatic heterocycles. The van der Waals surface area contributed by atoms with Crippen molar-refractivity contribution in [2.45, 2.75) is 37.0 Å². The minimum absolute atomic E-state index is 0.186. The lowest BCUT2D eigenvalue weighted by molar-refractivity contribution is -0.135. The minimum Gasteiger partial charge on any atom is -0.356 e. The van der Waals surface area contributed by atoms with Crippen molar-refractivity contribution in [3.63, 3.8) is 0 Å². The van der Waals surface area contributed by atoms with Gasteiger partial charge >= 0.3 is 0 Å². The van der Waals surface area contributed by atoms with E-state index in [2.05, 4.69) is 26.9 Å². The van der Waals surface area contributed by atoms with Crippen LogP contribution in [0.2, 0.25) is 0 Å². The zero-order chi connectivity index (χ0) is 18.5. The summed E-state index contributed by atoms with van der Waals surface area (Å²) in [5.74, 6) is 2.79. The molecule has 7 nitrogen and oxygen atoms in total. The third kappa shape index (κ3) is 3.13. The van der Waals surface area contributed by atoms with Gasteiger partial charge in [-0.05, 0) is 37.7 Å². The largest absolute Gasteiger partial charge is 0.356 e. The topological polar surface area (TPSA) is 82.2 Å². The second-order valence-corrected chi connectivity index (χ2v) is 9.99. The van der Waals surface area contributed by atoms with Crippen molar-refractivity contribution in [1.82, 2.24) is 19.9 Å². The van der Waals surface area contributed by atoms with Gasteiger partial charge in [0.1, 0.15) is 17.8 Å². The molecule has 2 aliphatic carbocycles. The van der Waals surface area contributed by atoms with Gasteiger partial charge in [-0.25, -0.2) is 9.97 Å². The van der Waals surface area contributed by atoms with E-state index in [1.807, 2.05) is 17.2 Å². The summed E-state index contributed by atoms with van der Waals surface area (Å²) >= 11 is 0. The predicted molar refractivity (Wildman–Crippen MR) is 105 cm³/mol. The van der Waals surface area contributed by atoms with Gasteiger partial charge in [-0.2, -0.15) is 0 Å². The van der Waals surface area contributed by atoms with Crippen molar-refractivity contribution < 1.29 is 9.00 Å². The molecule has 1 saturated heterocycles. The van der Waals surface area contributed by atoms with Crippen LogP contribution in [0.5, 0.6) is 0 Å². The molecule has 1 unspecified atom stereocenters. The Balaban J connectivity index is 1.11. The lowest BCUT2D eigenvalue weighted by Crippen LogP contribution is -2.57. The second-order valence-electron chi connectivity index (χ2n) is 8.23. The summed E-state index contributed by atoms with van der Waals surface area (Å²) in [6, 6.07) is 2.45. The average Bonchev–Trinajstić information content (AvgIpc) is 3.32. The first-order valence-electron chi connectivity index (χ1n) is 9.77. The van der Waals surface area contributed by atoms with Crippen molar-refractivity contribution in [3.8, 4) is 0 Å². The van der Waals surface area contributed by atoms with E-state index >= 15 is 0 Å². The van der Waals surface area contributed by atoms with Crippen molar-refractivity contribution in [2.24, 2.45) is 11.8 Å². The first kappa shape index (κ1) is 17.2. The minimum atomic E-state index is -0.818. The van der Waals surface area contributed by atoms with Crippen LogP contribution < -0.4 is 4.90 Å². The zero-order valence-electron chi connectivity index (χ0n) is 15.5. The lowest BCUT2D eigenvalue weighted by Gasteiger charge is -2.44. The molecule has 5 rings (SSSR count). The highest BCUT2D eigenvalue weighted by Gasteiger charge is 2.42. The predicted octanol–water partition coefficient (Wildman–Crippen LogP) is 1.54. The van der Waals surface area contributed by atoms with Crippen molar-refractivity contribution in [3.05, 3.63) is 18.6 Å². The summed E-state index contributed by atoms with van der Waals surface area (Å²) in [7, 11) is 1.26. The van der Waals surface area contributed by atoms with E-state index in [1.54, 1.807) is 6.33 Å². The van der Waals surface area contributed by atoms with Crippen LogP contribution in [0.1, 0.15) is 25.7 Å². The highest BCUT2D eigenvalue weighted by Crippen LogP contribution is 2.37. The molecule has 27 heavy (non-hydrogen) atoms. The fraction of sp³-hybridized carbons (Fsp3) is 0.632. The molecule has 144 valence electrons. The molecule has 3 fully saturated rings. The fourth-order valence-corrected chi connectivity index (χ4v) is 5.91. The Labute approximate surface area is 161 Å². The van der Waals surface area contributed by atoms with Crippen molar-refractivity contribution in [1.29, 1.82) is 0 Å². The van der Waals surface area contributed by atoms with Crippen molar-refractivity contribution in [2.75, 3.05) is 30.8 Å². The van der Waals surface area contributed by atoms with E-state index in [0.29, 0.717) is 25.0 Å². The molecular formula is C19H25N5O2S. The Morgan fingerprint density at radius 3 is 2.85 bits per heavy atom. The van der Waals surface area contributed by atoms with Crippen LogP contribution in [0, 0.1) is 11.8 Å². The molecule has 0 bridgehead atoms. The molecule has 0 radical (unpaired) electrons. The number of nitrogens with zero attached hydrogens (tertiary/aromatic N) is 4. The van der Waals surface area contributed by atoms with Gasteiger partial charge in [-0.3, -0.25) is 9.00 Å². The van der Waals surface area contributed by atoms with Crippen LogP contribution in [0.3, 0.4) is 0 Å². The van der Waals surface area contributed by atoms with Gasteiger partial charge in [0.2, 0.25) is 5.91 Å². The molecule has 3 heterocycles. The van der Waals surface area contributed by atoms with Gasteiger partial charge in [0.15, 0.2) is 0 Å². The summed E-state index contributed by atoms with van der Waals surface area (Å²) in [5.41, 5.74) is 0.860. The highest BCUT2D eigenvalue weighted by molar-refractivity contribution is 7.85. The third-order valence-electron chi connectivity index (χ3n) is 6.28. The number of rotatable bonds is 6. The highest BCUT2D eigenvalue weighted by atomic mass is 32.2. The number of aromatic nitrogens is 3. The lowest BCUT2D eigenvalue weighted by atomic mass is 9.81. The molecule has 1 atom stereocenters. The molecule has 2 aromatic heterocycles. The smallest absolute Gasteiger partial charge is 0.225 e. The number of likely N-dealkylation sites (tertiary alicyclic amines) is 1. The number of carbonyl (C=O) groups is 1. The molecule has 2 saturated carbocycles. The summed E-state index contributed by atoms with van der Waals surface area (Å²) in [6.45, 7) is 1.40. The molecule has 1 amide bonds. The quantitative estimate of drug-likeness (QED) is 0.813. The molecule has 8 heteroatoms. The maximum absolute atomic E-state index is 12.6. The zero-order valence-corrected chi connectivity index (χ0v) is 16.3. The third-order valence-corrected chi connectivity index (χ3v) is 8.13. The molecule has 1 N–H and O–H groups in total. The normalized spacial score (nSPS) is 26.5. The van der Waals surface area contributed by atoms with E-state index in [4.69, 9.17) is 0 Å². The van der Waals surface area contributed by atoms with E-state index in [-0.39, 0.29) is 17.1 Å². The SMILES string of the molecule is CN(c1ncnc2[nH]ccc12)C1CC(CS(=O)C2CN(C(=O)C3CC3)C2)C1. The molecular weight excluding hydrogens is 362 g/mol. The van der Waals surface area contributed by atoms with Gasteiger partial charge in [-0.15, -0.1) is 0 Å². The summed E-state index contributed by atoms with van der Waals surface area (Å²) in [5, 5.41) is 1.23. The summed E-state index contributed by atoms with van der Waals surface area (Å²) in [4.78, 5) is 27.9. The molecule has 2 aromatic rings.